The van der Waals surface area contributed by atoms with E-state index in [2.05, 4.69) is 45.2 Å². The minimum absolute atomic E-state index is 0.132. The molecule has 1 aromatic carbocycles. The van der Waals surface area contributed by atoms with Gasteiger partial charge in [-0.1, -0.05) is 45.2 Å². The minimum atomic E-state index is -0.295. The number of alkyl halides is 2. The molecule has 2 unspecified atom stereocenters. The van der Waals surface area contributed by atoms with Crippen LogP contribution in [0.2, 0.25) is 0 Å². The standard InChI is InChI=1S/C13H16I2O4/c1-3-17-9(2)18-10-4-6-11(7-5-10)19-13(16)12(15)8-14/h4-7,9,12H,3,8H2,1-2H3. The van der Waals surface area contributed by atoms with Gasteiger partial charge in [0.2, 0.25) is 0 Å². The molecule has 0 saturated heterocycles. The van der Waals surface area contributed by atoms with E-state index >= 15 is 0 Å². The van der Waals surface area contributed by atoms with Crippen molar-refractivity contribution in [3.8, 4) is 11.5 Å². The van der Waals surface area contributed by atoms with Gasteiger partial charge in [-0.3, -0.25) is 4.79 Å². The highest BCUT2D eigenvalue weighted by Gasteiger charge is 2.15. The molecule has 0 heterocycles. The Hall–Kier alpha value is -0.0900. The molecule has 0 spiro atoms. The van der Waals surface area contributed by atoms with Crippen molar-refractivity contribution in [1.29, 1.82) is 0 Å². The van der Waals surface area contributed by atoms with Crippen molar-refractivity contribution in [3.63, 3.8) is 0 Å². The SMILES string of the molecule is CCOC(C)Oc1ccc(OC(=O)C(I)CI)cc1. The lowest BCUT2D eigenvalue weighted by Gasteiger charge is -2.14. The number of hydrogen-bond donors (Lipinski definition) is 0. The maximum Gasteiger partial charge on any atom is 0.325 e. The van der Waals surface area contributed by atoms with Gasteiger partial charge < -0.3 is 14.2 Å². The number of carbonyl (C=O) groups is 1. The lowest BCUT2D eigenvalue weighted by molar-refractivity contribution is -0.132. The second kappa shape index (κ2) is 8.96. The first-order valence-corrected chi connectivity index (χ1v) is 8.64. The van der Waals surface area contributed by atoms with Gasteiger partial charge in [0.25, 0.3) is 0 Å². The highest BCUT2D eigenvalue weighted by molar-refractivity contribution is 14.1. The molecule has 0 aliphatic carbocycles. The van der Waals surface area contributed by atoms with Crippen LogP contribution in [0.25, 0.3) is 0 Å². The van der Waals surface area contributed by atoms with Crippen molar-refractivity contribution in [3.05, 3.63) is 24.3 Å². The average molecular weight is 490 g/mol. The Morgan fingerprint density at radius 3 is 2.37 bits per heavy atom. The quantitative estimate of drug-likeness (QED) is 0.193. The van der Waals surface area contributed by atoms with Gasteiger partial charge in [0.1, 0.15) is 15.4 Å². The number of halogens is 2. The molecular formula is C13H16I2O4. The summed E-state index contributed by atoms with van der Waals surface area (Å²) in [6.45, 7) is 4.35. The third-order valence-corrected chi connectivity index (χ3v) is 5.65. The molecule has 0 N–H and O–H groups in total. The van der Waals surface area contributed by atoms with Gasteiger partial charge in [-0.15, -0.1) is 0 Å². The van der Waals surface area contributed by atoms with Crippen LogP contribution in [0.3, 0.4) is 0 Å². The molecule has 0 aliphatic rings. The Bertz CT molecular complexity index is 394. The number of hydrogen-bond acceptors (Lipinski definition) is 4. The molecule has 1 rings (SSSR count). The molecule has 6 heteroatoms. The van der Waals surface area contributed by atoms with Crippen LogP contribution < -0.4 is 9.47 Å². The molecule has 0 radical (unpaired) electrons. The summed E-state index contributed by atoms with van der Waals surface area (Å²) in [4.78, 5) is 11.6. The monoisotopic (exact) mass is 490 g/mol. The third kappa shape index (κ3) is 6.26. The molecule has 0 amide bonds. The Balaban J connectivity index is 2.54. The fourth-order valence-corrected chi connectivity index (χ4v) is 1.78. The molecule has 106 valence electrons. The fourth-order valence-electron chi connectivity index (χ4n) is 1.29. The lowest BCUT2D eigenvalue weighted by atomic mass is 10.3. The van der Waals surface area contributed by atoms with Crippen LogP contribution in [0.5, 0.6) is 11.5 Å². The Morgan fingerprint density at radius 1 is 1.26 bits per heavy atom. The first kappa shape index (κ1) is 17.0. The Labute approximate surface area is 140 Å². The Kier molecular flexibility index (Phi) is 8.00. The summed E-state index contributed by atoms with van der Waals surface area (Å²) < 4.78 is 16.6. The largest absolute Gasteiger partial charge is 0.465 e. The Morgan fingerprint density at radius 2 is 1.84 bits per heavy atom. The molecule has 0 fully saturated rings. The van der Waals surface area contributed by atoms with Gasteiger partial charge in [-0.2, -0.15) is 0 Å². The van der Waals surface area contributed by atoms with Crippen LogP contribution in [0.15, 0.2) is 24.3 Å². The summed E-state index contributed by atoms with van der Waals surface area (Å²) in [5, 5.41) is 0. The summed E-state index contributed by atoms with van der Waals surface area (Å²) in [6, 6.07) is 6.93. The first-order chi connectivity index (χ1) is 9.06. The van der Waals surface area contributed by atoms with Crippen LogP contribution in [-0.4, -0.2) is 27.2 Å². The van der Waals surface area contributed by atoms with E-state index in [9.17, 15) is 4.79 Å². The van der Waals surface area contributed by atoms with Gasteiger partial charge in [0, 0.05) is 11.0 Å². The maximum atomic E-state index is 11.6. The molecule has 0 bridgehead atoms. The van der Waals surface area contributed by atoms with E-state index < -0.39 is 0 Å². The maximum absolute atomic E-state index is 11.6. The van der Waals surface area contributed by atoms with E-state index in [0.717, 1.165) is 4.43 Å². The summed E-state index contributed by atoms with van der Waals surface area (Å²) in [5.41, 5.74) is 0. The zero-order valence-corrected chi connectivity index (χ0v) is 15.1. The number of benzene rings is 1. The topological polar surface area (TPSA) is 44.8 Å². The van der Waals surface area contributed by atoms with Crippen LogP contribution in [0.4, 0.5) is 0 Å². The van der Waals surface area contributed by atoms with Crippen LogP contribution in [-0.2, 0) is 9.53 Å². The van der Waals surface area contributed by atoms with Gasteiger partial charge in [0.05, 0.1) is 0 Å². The van der Waals surface area contributed by atoms with E-state index in [0.29, 0.717) is 18.1 Å². The fraction of sp³-hybridized carbons (Fsp3) is 0.462. The van der Waals surface area contributed by atoms with E-state index in [1.165, 1.54) is 0 Å². The first-order valence-electron chi connectivity index (χ1n) is 5.86. The second-order valence-electron chi connectivity index (χ2n) is 3.66. The predicted octanol–water partition coefficient (Wildman–Crippen LogP) is 3.59. The van der Waals surface area contributed by atoms with E-state index in [1.807, 2.05) is 13.8 Å². The number of esters is 1. The van der Waals surface area contributed by atoms with Crippen LogP contribution >= 0.6 is 45.2 Å². The van der Waals surface area contributed by atoms with Crippen molar-refractivity contribution < 1.29 is 19.0 Å². The molecule has 0 aliphatic heterocycles. The zero-order valence-electron chi connectivity index (χ0n) is 10.8. The highest BCUT2D eigenvalue weighted by atomic mass is 127. The number of rotatable bonds is 7. The van der Waals surface area contributed by atoms with Crippen molar-refractivity contribution in [1.82, 2.24) is 0 Å². The van der Waals surface area contributed by atoms with Crippen molar-refractivity contribution >= 4 is 51.2 Å². The zero-order chi connectivity index (χ0) is 14.3. The highest BCUT2D eigenvalue weighted by Crippen LogP contribution is 2.20. The van der Waals surface area contributed by atoms with E-state index in [-0.39, 0.29) is 16.2 Å². The molecule has 2 atom stereocenters. The van der Waals surface area contributed by atoms with Crippen molar-refractivity contribution in [2.75, 3.05) is 11.0 Å². The summed E-state index contributed by atoms with van der Waals surface area (Å²) in [7, 11) is 0. The average Bonchev–Trinajstić information content (AvgIpc) is 2.40. The molecule has 4 nitrogen and oxygen atoms in total. The van der Waals surface area contributed by atoms with Gasteiger partial charge >= 0.3 is 5.97 Å². The predicted molar refractivity (Wildman–Crippen MR) is 90.5 cm³/mol. The van der Waals surface area contributed by atoms with Gasteiger partial charge in [-0.05, 0) is 38.1 Å². The molecular weight excluding hydrogens is 474 g/mol. The van der Waals surface area contributed by atoms with Crippen molar-refractivity contribution in [2.45, 2.75) is 24.1 Å². The number of carbonyl (C=O) groups excluding carboxylic acids is 1. The second-order valence-corrected chi connectivity index (χ2v) is 6.04. The summed E-state index contributed by atoms with van der Waals surface area (Å²) in [6.07, 6.45) is -0.295. The minimum Gasteiger partial charge on any atom is -0.465 e. The van der Waals surface area contributed by atoms with E-state index in [1.54, 1.807) is 24.3 Å². The van der Waals surface area contributed by atoms with Crippen LogP contribution in [0.1, 0.15) is 13.8 Å². The van der Waals surface area contributed by atoms with E-state index in [4.69, 9.17) is 14.2 Å². The molecule has 0 saturated carbocycles. The van der Waals surface area contributed by atoms with Gasteiger partial charge in [0.15, 0.2) is 6.29 Å². The molecule has 19 heavy (non-hydrogen) atoms. The summed E-state index contributed by atoms with van der Waals surface area (Å²) in [5.74, 6) is 0.972. The van der Waals surface area contributed by atoms with Crippen LogP contribution in [0, 0.1) is 0 Å². The number of ether oxygens (including phenoxy) is 3. The smallest absolute Gasteiger partial charge is 0.325 e. The molecule has 0 aromatic heterocycles. The lowest BCUT2D eigenvalue weighted by Crippen LogP contribution is -2.21. The molecule has 1 aromatic rings. The normalized spacial score (nSPS) is 13.7. The third-order valence-electron chi connectivity index (χ3n) is 2.14. The van der Waals surface area contributed by atoms with Gasteiger partial charge in [-0.25, -0.2) is 0 Å². The van der Waals surface area contributed by atoms with Crippen molar-refractivity contribution in [2.24, 2.45) is 0 Å². The summed E-state index contributed by atoms with van der Waals surface area (Å²) >= 11 is 4.22.